The second-order valence-electron chi connectivity index (χ2n) is 5.22. The van der Waals surface area contributed by atoms with Crippen LogP contribution in [0.25, 0.3) is 0 Å². The number of pyridine rings is 1. The first-order valence-corrected chi connectivity index (χ1v) is 8.82. The summed E-state index contributed by atoms with van der Waals surface area (Å²) in [6, 6.07) is 2.55. The molecule has 1 aliphatic heterocycles. The lowest BCUT2D eigenvalue weighted by Gasteiger charge is -2.31. The Morgan fingerprint density at radius 1 is 1.40 bits per heavy atom. The second kappa shape index (κ2) is 8.53. The van der Waals surface area contributed by atoms with Gasteiger partial charge in [0.25, 0.3) is 0 Å². The van der Waals surface area contributed by atoms with Crippen LogP contribution < -0.4 is 10.1 Å². The number of nitrogens with one attached hydrogen (secondary N) is 1. The molecule has 0 radical (unpaired) electrons. The van der Waals surface area contributed by atoms with Crippen LogP contribution >= 0.6 is 11.8 Å². The van der Waals surface area contributed by atoms with Crippen LogP contribution in [0.4, 0.5) is 0 Å². The van der Waals surface area contributed by atoms with Gasteiger partial charge in [-0.25, -0.2) is 0 Å². The monoisotopic (exact) mass is 294 g/mol. The molecule has 20 heavy (non-hydrogen) atoms. The van der Waals surface area contributed by atoms with E-state index in [2.05, 4.69) is 35.1 Å². The van der Waals surface area contributed by atoms with Crippen LogP contribution in [-0.4, -0.2) is 29.1 Å². The summed E-state index contributed by atoms with van der Waals surface area (Å²) in [5.74, 6) is 2.17. The van der Waals surface area contributed by atoms with Gasteiger partial charge in [-0.15, -0.1) is 0 Å². The molecule has 3 nitrogen and oxygen atoms in total. The van der Waals surface area contributed by atoms with Crippen molar-refractivity contribution in [1.29, 1.82) is 0 Å². The van der Waals surface area contributed by atoms with Gasteiger partial charge in [-0.2, -0.15) is 11.8 Å². The molecule has 0 spiro atoms. The van der Waals surface area contributed by atoms with Crippen molar-refractivity contribution < 1.29 is 4.74 Å². The van der Waals surface area contributed by atoms with E-state index in [1.54, 1.807) is 6.20 Å². The highest BCUT2D eigenvalue weighted by Gasteiger charge is 2.25. The maximum atomic E-state index is 5.59. The van der Waals surface area contributed by atoms with Crippen LogP contribution in [0.15, 0.2) is 18.5 Å². The standard InChI is InChI=1S/C16H26N2OS/c1-3-8-18-16(15-7-5-6-9-20-15)13-10-14(19-4-2)12-17-11-13/h10-12,15-16,18H,3-9H2,1-2H3. The fourth-order valence-electron chi connectivity index (χ4n) is 2.64. The zero-order chi connectivity index (χ0) is 14.2. The SMILES string of the molecule is CCCNC(c1cncc(OCC)c1)C1CCCCS1. The van der Waals surface area contributed by atoms with Crippen molar-refractivity contribution in [2.75, 3.05) is 18.9 Å². The molecule has 112 valence electrons. The third-order valence-electron chi connectivity index (χ3n) is 3.61. The van der Waals surface area contributed by atoms with E-state index in [1.165, 1.54) is 30.6 Å². The van der Waals surface area contributed by atoms with Crippen molar-refractivity contribution >= 4 is 11.8 Å². The van der Waals surface area contributed by atoms with E-state index in [1.807, 2.05) is 13.1 Å². The van der Waals surface area contributed by atoms with Crippen LogP contribution in [0, 0.1) is 0 Å². The average Bonchev–Trinajstić information content (AvgIpc) is 2.50. The highest BCUT2D eigenvalue weighted by molar-refractivity contribution is 8.00. The largest absolute Gasteiger partial charge is 0.492 e. The number of rotatable bonds is 7. The molecule has 0 saturated carbocycles. The predicted octanol–water partition coefficient (Wildman–Crippen LogP) is 3.81. The molecular formula is C16H26N2OS. The van der Waals surface area contributed by atoms with Crippen molar-refractivity contribution in [2.45, 2.75) is 50.8 Å². The van der Waals surface area contributed by atoms with Crippen molar-refractivity contribution in [3.05, 3.63) is 24.0 Å². The van der Waals surface area contributed by atoms with Gasteiger partial charge in [0.1, 0.15) is 5.75 Å². The zero-order valence-corrected chi connectivity index (χ0v) is 13.4. The topological polar surface area (TPSA) is 34.2 Å². The summed E-state index contributed by atoms with van der Waals surface area (Å²) in [5, 5.41) is 4.37. The molecule has 0 amide bonds. The van der Waals surface area contributed by atoms with Gasteiger partial charge in [-0.1, -0.05) is 13.3 Å². The summed E-state index contributed by atoms with van der Waals surface area (Å²) in [6.45, 7) is 5.97. The van der Waals surface area contributed by atoms with E-state index in [4.69, 9.17) is 4.74 Å². The van der Waals surface area contributed by atoms with Crippen LogP contribution in [-0.2, 0) is 0 Å². The average molecular weight is 294 g/mol. The minimum atomic E-state index is 0.396. The van der Waals surface area contributed by atoms with E-state index in [-0.39, 0.29) is 0 Å². The third kappa shape index (κ3) is 4.38. The molecule has 2 unspecified atom stereocenters. The van der Waals surface area contributed by atoms with Crippen LogP contribution in [0.3, 0.4) is 0 Å². The van der Waals surface area contributed by atoms with Gasteiger partial charge in [-0.3, -0.25) is 4.98 Å². The van der Waals surface area contributed by atoms with Crippen molar-refractivity contribution in [1.82, 2.24) is 10.3 Å². The van der Waals surface area contributed by atoms with Crippen LogP contribution in [0.2, 0.25) is 0 Å². The summed E-state index contributed by atoms with van der Waals surface area (Å²) in [4.78, 5) is 4.35. The van der Waals surface area contributed by atoms with Crippen LogP contribution in [0.1, 0.15) is 51.1 Å². The van der Waals surface area contributed by atoms with E-state index >= 15 is 0 Å². The highest BCUT2D eigenvalue weighted by Crippen LogP contribution is 2.35. The lowest BCUT2D eigenvalue weighted by atomic mass is 10.0. The molecule has 1 N–H and O–H groups in total. The second-order valence-corrected chi connectivity index (χ2v) is 6.57. The molecule has 0 aliphatic carbocycles. The summed E-state index contributed by atoms with van der Waals surface area (Å²) >= 11 is 2.10. The first-order chi connectivity index (χ1) is 9.85. The molecular weight excluding hydrogens is 268 g/mol. The molecule has 1 fully saturated rings. The van der Waals surface area contributed by atoms with E-state index < -0.39 is 0 Å². The maximum Gasteiger partial charge on any atom is 0.137 e. The van der Waals surface area contributed by atoms with Crippen LogP contribution in [0.5, 0.6) is 5.75 Å². The number of aromatic nitrogens is 1. The van der Waals surface area contributed by atoms with Gasteiger partial charge < -0.3 is 10.1 Å². The minimum absolute atomic E-state index is 0.396. The Morgan fingerprint density at radius 2 is 2.30 bits per heavy atom. The number of hydrogen-bond acceptors (Lipinski definition) is 4. The van der Waals surface area contributed by atoms with Gasteiger partial charge in [0.2, 0.25) is 0 Å². The number of hydrogen-bond donors (Lipinski definition) is 1. The lowest BCUT2D eigenvalue weighted by molar-refractivity contribution is 0.337. The Morgan fingerprint density at radius 3 is 3.00 bits per heavy atom. The summed E-state index contributed by atoms with van der Waals surface area (Å²) in [5.41, 5.74) is 1.27. The Bertz CT molecular complexity index is 394. The highest BCUT2D eigenvalue weighted by atomic mass is 32.2. The third-order valence-corrected chi connectivity index (χ3v) is 5.07. The summed E-state index contributed by atoms with van der Waals surface area (Å²) in [6.07, 6.45) is 8.96. The first-order valence-electron chi connectivity index (χ1n) is 7.77. The quantitative estimate of drug-likeness (QED) is 0.829. The van der Waals surface area contributed by atoms with Crippen molar-refractivity contribution in [2.24, 2.45) is 0 Å². The van der Waals surface area contributed by atoms with Crippen molar-refractivity contribution in [3.63, 3.8) is 0 Å². The van der Waals surface area contributed by atoms with Gasteiger partial charge >= 0.3 is 0 Å². The fraction of sp³-hybridized carbons (Fsp3) is 0.688. The molecule has 2 atom stereocenters. The zero-order valence-electron chi connectivity index (χ0n) is 12.6. The fourth-order valence-corrected chi connectivity index (χ4v) is 4.10. The van der Waals surface area contributed by atoms with E-state index in [9.17, 15) is 0 Å². The van der Waals surface area contributed by atoms with Gasteiger partial charge in [-0.05, 0) is 50.1 Å². The minimum Gasteiger partial charge on any atom is -0.492 e. The number of ether oxygens (including phenoxy) is 1. The number of nitrogens with zero attached hydrogens (tertiary/aromatic N) is 1. The Hall–Kier alpha value is -0.740. The molecule has 2 heterocycles. The Balaban J connectivity index is 2.13. The molecule has 0 bridgehead atoms. The molecule has 1 aromatic heterocycles. The molecule has 1 aliphatic rings. The Kier molecular flexibility index (Phi) is 6.67. The summed E-state index contributed by atoms with van der Waals surface area (Å²) in [7, 11) is 0. The predicted molar refractivity (Wildman–Crippen MR) is 86.5 cm³/mol. The summed E-state index contributed by atoms with van der Waals surface area (Å²) < 4.78 is 5.59. The van der Waals surface area contributed by atoms with Crippen molar-refractivity contribution in [3.8, 4) is 5.75 Å². The number of thioether (sulfide) groups is 1. The normalized spacial score (nSPS) is 20.6. The molecule has 1 aromatic rings. The molecule has 1 saturated heterocycles. The molecule has 2 rings (SSSR count). The maximum absolute atomic E-state index is 5.59. The molecule has 4 heteroatoms. The Labute approximate surface area is 126 Å². The first kappa shape index (κ1) is 15.6. The lowest BCUT2D eigenvalue weighted by Crippen LogP contribution is -2.32. The van der Waals surface area contributed by atoms with Gasteiger partial charge in [0.05, 0.1) is 12.8 Å². The van der Waals surface area contributed by atoms with Gasteiger partial charge in [0, 0.05) is 17.5 Å². The molecule has 0 aromatic carbocycles. The van der Waals surface area contributed by atoms with E-state index in [0.717, 1.165) is 18.7 Å². The smallest absolute Gasteiger partial charge is 0.137 e. The van der Waals surface area contributed by atoms with Gasteiger partial charge in [0.15, 0.2) is 0 Å². The van der Waals surface area contributed by atoms with E-state index in [0.29, 0.717) is 17.9 Å².